The van der Waals surface area contributed by atoms with Gasteiger partial charge in [-0.15, -0.1) is 11.6 Å². The van der Waals surface area contributed by atoms with Crippen molar-refractivity contribution in [1.82, 2.24) is 5.32 Å². The highest BCUT2D eigenvalue weighted by atomic mass is 35.5. The average molecular weight is 210 g/mol. The minimum absolute atomic E-state index is 0.0791. The fraction of sp³-hybridized carbons (Fsp3) is 0.875. The third-order valence-electron chi connectivity index (χ3n) is 1.44. The van der Waals surface area contributed by atoms with E-state index in [1.807, 2.05) is 0 Å². The molecule has 72 valence electrons. The van der Waals surface area contributed by atoms with E-state index in [0.717, 1.165) is 12.3 Å². The maximum absolute atomic E-state index is 11.0. The van der Waals surface area contributed by atoms with E-state index in [2.05, 4.69) is 18.5 Å². The molecule has 0 radical (unpaired) electrons. The number of carbonyl (C=O) groups is 1. The van der Waals surface area contributed by atoms with Crippen LogP contribution in [0.1, 0.15) is 13.8 Å². The average Bonchev–Trinajstić information content (AvgIpc) is 2.00. The fourth-order valence-corrected chi connectivity index (χ4v) is 1.52. The maximum atomic E-state index is 11.0. The highest BCUT2D eigenvalue weighted by molar-refractivity contribution is 7.98. The molecule has 1 N–H and O–H groups in total. The van der Waals surface area contributed by atoms with Crippen LogP contribution in [0.4, 0.5) is 0 Å². The van der Waals surface area contributed by atoms with Gasteiger partial charge in [-0.25, -0.2) is 0 Å². The van der Waals surface area contributed by atoms with Crippen molar-refractivity contribution in [3.63, 3.8) is 0 Å². The first-order valence-electron chi connectivity index (χ1n) is 3.98. The van der Waals surface area contributed by atoms with E-state index in [9.17, 15) is 4.79 Å². The Labute approximate surface area is 83.4 Å². The number of carbonyl (C=O) groups excluding carboxylic acids is 1. The lowest BCUT2D eigenvalue weighted by atomic mass is 10.2. The van der Waals surface area contributed by atoms with Gasteiger partial charge in [-0.3, -0.25) is 4.79 Å². The highest BCUT2D eigenvalue weighted by Crippen LogP contribution is 2.03. The Bertz CT molecular complexity index is 141. The topological polar surface area (TPSA) is 29.1 Å². The number of nitrogens with one attached hydrogen (secondary N) is 1. The summed E-state index contributed by atoms with van der Waals surface area (Å²) < 4.78 is 0. The number of hydrogen-bond donors (Lipinski definition) is 1. The van der Waals surface area contributed by atoms with Crippen LogP contribution in [-0.2, 0) is 4.79 Å². The molecule has 0 aliphatic rings. The second kappa shape index (κ2) is 6.61. The molecular formula is C8H16ClNOS. The monoisotopic (exact) mass is 209 g/mol. The Morgan fingerprint density at radius 2 is 2.17 bits per heavy atom. The van der Waals surface area contributed by atoms with Gasteiger partial charge >= 0.3 is 0 Å². The van der Waals surface area contributed by atoms with Gasteiger partial charge in [-0.05, 0) is 24.9 Å². The molecule has 0 bridgehead atoms. The molecule has 2 unspecified atom stereocenters. The van der Waals surface area contributed by atoms with E-state index in [1.165, 1.54) is 0 Å². The molecule has 2 nitrogen and oxygen atoms in total. The molecule has 0 aromatic heterocycles. The highest BCUT2D eigenvalue weighted by Gasteiger charge is 2.09. The number of halogens is 1. The fourth-order valence-electron chi connectivity index (χ4n) is 0.759. The van der Waals surface area contributed by atoms with Crippen molar-refractivity contribution in [3.8, 4) is 0 Å². The molecular weight excluding hydrogens is 194 g/mol. The second-order valence-corrected chi connectivity index (χ2v) is 4.49. The summed E-state index contributed by atoms with van der Waals surface area (Å²) in [5, 5.41) is 2.36. The van der Waals surface area contributed by atoms with E-state index in [0.29, 0.717) is 5.92 Å². The second-order valence-electron chi connectivity index (χ2n) is 2.92. The van der Waals surface area contributed by atoms with Crippen molar-refractivity contribution >= 4 is 29.3 Å². The van der Waals surface area contributed by atoms with Crippen LogP contribution in [0, 0.1) is 5.92 Å². The van der Waals surface area contributed by atoms with Gasteiger partial charge in [0.05, 0.1) is 0 Å². The molecule has 0 heterocycles. The zero-order valence-corrected chi connectivity index (χ0v) is 9.34. The normalized spacial score (nSPS) is 15.3. The number of amides is 1. The molecule has 0 spiro atoms. The number of alkyl halides is 1. The molecule has 1 amide bonds. The van der Waals surface area contributed by atoms with Gasteiger partial charge in [0, 0.05) is 6.54 Å². The van der Waals surface area contributed by atoms with E-state index in [4.69, 9.17) is 11.6 Å². The van der Waals surface area contributed by atoms with E-state index in [-0.39, 0.29) is 5.91 Å². The van der Waals surface area contributed by atoms with E-state index >= 15 is 0 Å². The van der Waals surface area contributed by atoms with Crippen LogP contribution in [0.15, 0.2) is 0 Å². The van der Waals surface area contributed by atoms with Crippen LogP contribution in [-0.4, -0.2) is 29.8 Å². The SMILES string of the molecule is CSCC(C)CNC(=O)C(C)Cl. The van der Waals surface area contributed by atoms with Crippen molar-refractivity contribution in [2.45, 2.75) is 19.2 Å². The lowest BCUT2D eigenvalue weighted by molar-refractivity contribution is -0.120. The molecule has 12 heavy (non-hydrogen) atoms. The van der Waals surface area contributed by atoms with Gasteiger partial charge in [0.25, 0.3) is 0 Å². The lowest BCUT2D eigenvalue weighted by Crippen LogP contribution is -2.33. The summed E-state index contributed by atoms with van der Waals surface area (Å²) in [6.07, 6.45) is 2.06. The van der Waals surface area contributed by atoms with Crippen LogP contribution in [0.3, 0.4) is 0 Å². The van der Waals surface area contributed by atoms with Crippen molar-refractivity contribution in [1.29, 1.82) is 0 Å². The van der Waals surface area contributed by atoms with Crippen LogP contribution in [0.25, 0.3) is 0 Å². The van der Waals surface area contributed by atoms with Crippen molar-refractivity contribution < 1.29 is 4.79 Å². The molecule has 0 aliphatic heterocycles. The summed E-state index contributed by atoms with van der Waals surface area (Å²) in [7, 11) is 0. The first-order valence-corrected chi connectivity index (χ1v) is 5.81. The van der Waals surface area contributed by atoms with Gasteiger partial charge in [0.15, 0.2) is 0 Å². The number of rotatable bonds is 5. The molecule has 0 aromatic carbocycles. The van der Waals surface area contributed by atoms with Gasteiger partial charge in [0.1, 0.15) is 5.38 Å². The number of hydrogen-bond acceptors (Lipinski definition) is 2. The third kappa shape index (κ3) is 5.72. The van der Waals surface area contributed by atoms with Gasteiger partial charge in [0.2, 0.25) is 5.91 Å². The molecule has 0 aromatic rings. The molecule has 0 saturated heterocycles. The first-order chi connectivity index (χ1) is 5.57. The minimum atomic E-state index is -0.425. The summed E-state index contributed by atoms with van der Waals surface area (Å²) in [6, 6.07) is 0. The van der Waals surface area contributed by atoms with E-state index < -0.39 is 5.38 Å². The Morgan fingerprint density at radius 1 is 1.58 bits per heavy atom. The Morgan fingerprint density at radius 3 is 2.58 bits per heavy atom. The van der Waals surface area contributed by atoms with E-state index in [1.54, 1.807) is 18.7 Å². The summed E-state index contributed by atoms with van der Waals surface area (Å²) in [4.78, 5) is 11.0. The summed E-state index contributed by atoms with van der Waals surface area (Å²) >= 11 is 7.36. The summed E-state index contributed by atoms with van der Waals surface area (Å²) in [5.41, 5.74) is 0. The van der Waals surface area contributed by atoms with Gasteiger partial charge < -0.3 is 5.32 Å². The third-order valence-corrected chi connectivity index (χ3v) is 2.54. The predicted molar refractivity (Wildman–Crippen MR) is 55.9 cm³/mol. The van der Waals surface area contributed by atoms with Gasteiger partial charge in [-0.1, -0.05) is 6.92 Å². The Balaban J connectivity index is 3.47. The maximum Gasteiger partial charge on any atom is 0.237 e. The molecule has 2 atom stereocenters. The number of thioether (sulfide) groups is 1. The van der Waals surface area contributed by atoms with Crippen molar-refractivity contribution in [2.24, 2.45) is 5.92 Å². The molecule has 0 fully saturated rings. The Kier molecular flexibility index (Phi) is 6.67. The molecule has 0 rings (SSSR count). The van der Waals surface area contributed by atoms with Crippen molar-refractivity contribution in [2.75, 3.05) is 18.6 Å². The van der Waals surface area contributed by atoms with Crippen LogP contribution in [0.2, 0.25) is 0 Å². The zero-order chi connectivity index (χ0) is 9.56. The molecule has 0 aliphatic carbocycles. The van der Waals surface area contributed by atoms with Crippen LogP contribution < -0.4 is 5.32 Å². The largest absolute Gasteiger partial charge is 0.355 e. The van der Waals surface area contributed by atoms with Crippen molar-refractivity contribution in [3.05, 3.63) is 0 Å². The van der Waals surface area contributed by atoms with Gasteiger partial charge in [-0.2, -0.15) is 11.8 Å². The zero-order valence-electron chi connectivity index (χ0n) is 7.76. The lowest BCUT2D eigenvalue weighted by Gasteiger charge is -2.11. The molecule has 4 heteroatoms. The smallest absolute Gasteiger partial charge is 0.237 e. The minimum Gasteiger partial charge on any atom is -0.355 e. The quantitative estimate of drug-likeness (QED) is 0.699. The summed E-state index contributed by atoms with van der Waals surface area (Å²) in [5.74, 6) is 1.50. The van der Waals surface area contributed by atoms with Crippen LogP contribution in [0.5, 0.6) is 0 Å². The summed E-state index contributed by atoms with van der Waals surface area (Å²) in [6.45, 7) is 4.50. The first kappa shape index (κ1) is 12.1. The molecule has 0 saturated carbocycles. The standard InChI is InChI=1S/C8H16ClNOS/c1-6(5-12-3)4-10-8(11)7(2)9/h6-7H,4-5H2,1-3H3,(H,10,11). The Hall–Kier alpha value is 0.110. The predicted octanol–water partition coefficient (Wildman–Crippen LogP) is 1.73. The van der Waals surface area contributed by atoms with Crippen LogP contribution >= 0.6 is 23.4 Å².